The van der Waals surface area contributed by atoms with Gasteiger partial charge in [0.1, 0.15) is 24.3 Å². The molecule has 0 aromatic heterocycles. The van der Waals surface area contributed by atoms with Gasteiger partial charge in [-0.3, -0.25) is 24.5 Å². The second-order valence-corrected chi connectivity index (χ2v) is 11.9. The molecule has 0 aromatic carbocycles. The second-order valence-electron chi connectivity index (χ2n) is 11.9. The van der Waals surface area contributed by atoms with Crippen LogP contribution in [0.4, 0.5) is 0 Å². The Labute approximate surface area is 260 Å². The minimum Gasteiger partial charge on any atom is -0.465 e. The summed E-state index contributed by atoms with van der Waals surface area (Å²) < 4.78 is 26.5. The van der Waals surface area contributed by atoms with Crippen molar-refractivity contribution in [1.82, 2.24) is 10.2 Å². The van der Waals surface area contributed by atoms with Crippen LogP contribution in [0.1, 0.15) is 78.6 Å². The molecule has 3 saturated heterocycles. The summed E-state index contributed by atoms with van der Waals surface area (Å²) in [4.78, 5) is 81.2. The number of fused-ring (bicyclic) bond motifs is 2. The van der Waals surface area contributed by atoms with Crippen LogP contribution >= 0.6 is 0 Å². The minimum absolute atomic E-state index is 0.0539. The smallest absolute Gasteiger partial charge is 0.336 e. The molecule has 1 aliphatic carbocycles. The molecule has 0 spiro atoms. The summed E-state index contributed by atoms with van der Waals surface area (Å²) in [6, 6.07) is -2.63. The third-order valence-electron chi connectivity index (χ3n) is 8.80. The second kappa shape index (κ2) is 15.8. The number of nitrogens with one attached hydrogen (secondary N) is 1. The number of hydrogen-bond acceptors (Lipinski definition) is 14. The van der Waals surface area contributed by atoms with Crippen molar-refractivity contribution in [2.75, 3.05) is 19.8 Å². The molecule has 0 aromatic rings. The third-order valence-corrected chi connectivity index (χ3v) is 8.80. The van der Waals surface area contributed by atoms with Gasteiger partial charge in [-0.1, -0.05) is 26.2 Å². The van der Waals surface area contributed by atoms with Crippen LogP contribution in [0.25, 0.3) is 0 Å². The van der Waals surface area contributed by atoms with Gasteiger partial charge in [0, 0.05) is 6.04 Å². The van der Waals surface area contributed by atoms with Crippen LogP contribution in [0.2, 0.25) is 0 Å². The van der Waals surface area contributed by atoms with Crippen LogP contribution < -0.4 is 5.32 Å². The van der Waals surface area contributed by atoms with E-state index in [9.17, 15) is 34.1 Å². The molecule has 252 valence electrons. The molecule has 45 heavy (non-hydrogen) atoms. The van der Waals surface area contributed by atoms with E-state index in [2.05, 4.69) is 10.2 Å². The highest BCUT2D eigenvalue weighted by Crippen LogP contribution is 2.40. The first-order valence-corrected chi connectivity index (χ1v) is 15.8. The van der Waals surface area contributed by atoms with Gasteiger partial charge in [-0.25, -0.2) is 4.79 Å². The van der Waals surface area contributed by atoms with Crippen molar-refractivity contribution < 1.29 is 57.6 Å². The molecule has 16 heteroatoms. The van der Waals surface area contributed by atoms with Gasteiger partial charge < -0.3 is 33.4 Å². The zero-order chi connectivity index (χ0) is 32.7. The Balaban J connectivity index is 1.30. The molecule has 16 nitrogen and oxygen atoms in total. The first kappa shape index (κ1) is 34.5. The average Bonchev–Trinajstić information content (AvgIpc) is 3.70. The average molecular weight is 642 g/mol. The highest BCUT2D eigenvalue weighted by atomic mass is 17.0. The molecule has 1 amide bonds. The molecule has 0 radical (unpaired) electrons. The summed E-state index contributed by atoms with van der Waals surface area (Å²) in [7, 11) is 0. The van der Waals surface area contributed by atoms with Crippen LogP contribution in [0.15, 0.2) is 0 Å². The number of likely N-dealkylation sites (tertiary alicyclic amines) is 1. The number of rotatable bonds is 14. The number of carbonyl (C=O) groups is 5. The van der Waals surface area contributed by atoms with Gasteiger partial charge in [0.2, 0.25) is 5.91 Å². The highest BCUT2D eigenvalue weighted by molar-refractivity contribution is 5.94. The molecule has 3 heterocycles. The van der Waals surface area contributed by atoms with E-state index < -0.39 is 77.9 Å². The number of carbonyl (C=O) groups excluding carboxylic acids is 5. The minimum atomic E-state index is -0.973. The Morgan fingerprint density at radius 3 is 2.36 bits per heavy atom. The maximum atomic E-state index is 13.7. The number of hydrogen-bond donors (Lipinski definition) is 1. The van der Waals surface area contributed by atoms with Crippen LogP contribution in [0.3, 0.4) is 0 Å². The van der Waals surface area contributed by atoms with Gasteiger partial charge >= 0.3 is 23.9 Å². The molecular formula is C29H43N3O13. The Morgan fingerprint density at radius 2 is 1.67 bits per heavy atom. The first-order chi connectivity index (χ1) is 21.5. The molecule has 4 rings (SSSR count). The number of esters is 4. The van der Waals surface area contributed by atoms with Gasteiger partial charge in [0.05, 0.1) is 38.7 Å². The van der Waals surface area contributed by atoms with E-state index in [1.165, 1.54) is 4.90 Å². The number of amides is 1. The number of ether oxygens (including phenoxy) is 5. The van der Waals surface area contributed by atoms with Crippen LogP contribution in [-0.4, -0.2) is 108 Å². The molecular weight excluding hydrogens is 598 g/mol. The SMILES string of the molecule is CCC[C@H](N[C@@H](C)C(=O)N1[C@H](C(=O)OC(=O)CCC(=O)OC2COC3C(O[N+](=O)[O-])COC23)C[C@@H]2CCCC[C@@H]21)C(=O)OCC. The molecule has 9 atom stereocenters. The lowest BCUT2D eigenvalue weighted by molar-refractivity contribution is -0.769. The standard InChI is InChI=1S/C29H43N3O13/c1-4-8-18(28(36)40-5-2)30-16(3)27(35)31-19-10-7-6-9-17(19)13-20(31)29(37)44-24(34)12-11-23(33)43-21-14-41-26-22(45-32(38)39)15-42-25(21)26/h16-22,25-26,30H,4-15H2,1-3H3/t16-,17-,18-,19-,20-,21?,22?,25?,26?/m0/s1. The zero-order valence-corrected chi connectivity index (χ0v) is 25.9. The quantitative estimate of drug-likeness (QED) is 0.0926. The fraction of sp³-hybridized carbons (Fsp3) is 0.828. The highest BCUT2D eigenvalue weighted by Gasteiger charge is 2.52. The van der Waals surface area contributed by atoms with Crippen LogP contribution in [0.5, 0.6) is 0 Å². The summed E-state index contributed by atoms with van der Waals surface area (Å²) >= 11 is 0. The summed E-state index contributed by atoms with van der Waals surface area (Å²) in [5, 5.41) is 12.8. The van der Waals surface area contributed by atoms with E-state index in [1.807, 2.05) is 6.92 Å². The predicted octanol–water partition coefficient (Wildman–Crippen LogP) is 0.992. The molecule has 3 aliphatic heterocycles. The first-order valence-electron chi connectivity index (χ1n) is 15.8. The molecule has 1 N–H and O–H groups in total. The largest absolute Gasteiger partial charge is 0.465 e. The van der Waals surface area contributed by atoms with E-state index >= 15 is 0 Å². The van der Waals surface area contributed by atoms with E-state index in [0.717, 1.165) is 25.7 Å². The summed E-state index contributed by atoms with van der Waals surface area (Å²) in [5.41, 5.74) is 0. The van der Waals surface area contributed by atoms with Crippen molar-refractivity contribution in [2.45, 2.75) is 127 Å². The number of nitrogens with zero attached hydrogens (tertiary/aromatic N) is 2. The van der Waals surface area contributed by atoms with Crippen molar-refractivity contribution >= 4 is 29.8 Å². The summed E-state index contributed by atoms with van der Waals surface area (Å²) in [5.74, 6) is -3.28. The van der Waals surface area contributed by atoms with Crippen molar-refractivity contribution in [1.29, 1.82) is 0 Å². The topological polar surface area (TPSA) is 199 Å². The van der Waals surface area contributed by atoms with E-state index in [0.29, 0.717) is 19.3 Å². The molecule has 4 fully saturated rings. The summed E-state index contributed by atoms with van der Waals surface area (Å²) in [6.07, 6.45) is 0.863. The van der Waals surface area contributed by atoms with Gasteiger partial charge in [0.15, 0.2) is 12.2 Å². The van der Waals surface area contributed by atoms with Crippen molar-refractivity contribution in [2.24, 2.45) is 5.92 Å². The zero-order valence-electron chi connectivity index (χ0n) is 25.9. The predicted molar refractivity (Wildman–Crippen MR) is 150 cm³/mol. The van der Waals surface area contributed by atoms with E-state index in [1.54, 1.807) is 13.8 Å². The molecule has 1 saturated carbocycles. The maximum Gasteiger partial charge on any atom is 0.336 e. The van der Waals surface area contributed by atoms with Gasteiger partial charge in [-0.05, 0) is 45.4 Å². The Hall–Kier alpha value is -3.37. The van der Waals surface area contributed by atoms with Gasteiger partial charge in [-0.15, -0.1) is 10.1 Å². The lowest BCUT2D eigenvalue weighted by Crippen LogP contribution is -2.56. The Bertz CT molecular complexity index is 1120. The van der Waals surface area contributed by atoms with Crippen LogP contribution in [0, 0.1) is 16.0 Å². The molecule has 4 aliphatic rings. The normalized spacial score (nSPS) is 30.0. The van der Waals surface area contributed by atoms with Gasteiger partial charge in [-0.2, -0.15) is 0 Å². The Morgan fingerprint density at radius 1 is 1.00 bits per heavy atom. The van der Waals surface area contributed by atoms with E-state index in [-0.39, 0.29) is 44.1 Å². The molecule has 0 bridgehead atoms. The van der Waals surface area contributed by atoms with E-state index in [4.69, 9.17) is 23.7 Å². The maximum absolute atomic E-state index is 13.7. The monoisotopic (exact) mass is 641 g/mol. The fourth-order valence-electron chi connectivity index (χ4n) is 6.78. The Kier molecular flexibility index (Phi) is 12.1. The van der Waals surface area contributed by atoms with Crippen molar-refractivity contribution in [3.05, 3.63) is 10.1 Å². The van der Waals surface area contributed by atoms with Gasteiger partial charge in [0.25, 0.3) is 5.09 Å². The lowest BCUT2D eigenvalue weighted by Gasteiger charge is -2.35. The fourth-order valence-corrected chi connectivity index (χ4v) is 6.78. The van der Waals surface area contributed by atoms with Crippen LogP contribution in [-0.2, 0) is 52.5 Å². The van der Waals surface area contributed by atoms with Crippen molar-refractivity contribution in [3.63, 3.8) is 0 Å². The lowest BCUT2D eigenvalue weighted by atomic mass is 9.84. The third kappa shape index (κ3) is 8.47. The van der Waals surface area contributed by atoms with Crippen molar-refractivity contribution in [3.8, 4) is 0 Å². The summed E-state index contributed by atoms with van der Waals surface area (Å²) in [6.45, 7) is 5.34. The molecule has 4 unspecified atom stereocenters.